The summed E-state index contributed by atoms with van der Waals surface area (Å²) in [6.45, 7) is 13.4. The second kappa shape index (κ2) is 12.7. The standard InChI is InChI=1S/C21H38N4O2.HI/c1-6-22-20(25-15-19-24-14-18(27-19)21(3,4)5)23-13-12-17(26-7-2)16-10-8-9-11-16;/h14,16-17H,6-13,15H2,1-5H3,(H2,22,23,25);1H. The number of nitrogens with one attached hydrogen (secondary N) is 2. The minimum absolute atomic E-state index is 0. The van der Waals surface area contributed by atoms with Crippen LogP contribution in [0.2, 0.25) is 0 Å². The lowest BCUT2D eigenvalue weighted by Crippen LogP contribution is -2.39. The van der Waals surface area contributed by atoms with Crippen molar-refractivity contribution in [1.82, 2.24) is 15.6 Å². The maximum atomic E-state index is 6.01. The van der Waals surface area contributed by atoms with Crippen molar-refractivity contribution < 1.29 is 9.15 Å². The van der Waals surface area contributed by atoms with E-state index >= 15 is 0 Å². The van der Waals surface area contributed by atoms with Crippen LogP contribution < -0.4 is 10.6 Å². The number of guanidine groups is 1. The van der Waals surface area contributed by atoms with E-state index in [-0.39, 0.29) is 29.4 Å². The van der Waals surface area contributed by atoms with Crippen LogP contribution in [0.1, 0.15) is 78.4 Å². The summed E-state index contributed by atoms with van der Waals surface area (Å²) < 4.78 is 11.8. The quantitative estimate of drug-likeness (QED) is 0.290. The van der Waals surface area contributed by atoms with Crippen molar-refractivity contribution in [3.8, 4) is 0 Å². The van der Waals surface area contributed by atoms with Crippen LogP contribution in [0.4, 0.5) is 0 Å². The molecule has 28 heavy (non-hydrogen) atoms. The lowest BCUT2D eigenvalue weighted by Gasteiger charge is -2.24. The smallest absolute Gasteiger partial charge is 0.216 e. The van der Waals surface area contributed by atoms with Gasteiger partial charge in [-0.3, -0.25) is 0 Å². The fourth-order valence-electron chi connectivity index (χ4n) is 3.55. The Labute approximate surface area is 187 Å². The predicted octanol–water partition coefficient (Wildman–Crippen LogP) is 4.63. The van der Waals surface area contributed by atoms with Gasteiger partial charge >= 0.3 is 0 Å². The van der Waals surface area contributed by atoms with Crippen LogP contribution in [0, 0.1) is 5.92 Å². The molecule has 1 aliphatic carbocycles. The molecule has 0 saturated heterocycles. The van der Waals surface area contributed by atoms with Crippen molar-refractivity contribution in [2.45, 2.75) is 84.8 Å². The maximum absolute atomic E-state index is 6.01. The highest BCUT2D eigenvalue weighted by Crippen LogP contribution is 2.30. The van der Waals surface area contributed by atoms with Gasteiger partial charge in [-0.05, 0) is 39.0 Å². The minimum atomic E-state index is -0.0355. The molecule has 0 spiro atoms. The molecule has 1 saturated carbocycles. The number of ether oxygens (including phenoxy) is 1. The summed E-state index contributed by atoms with van der Waals surface area (Å²) >= 11 is 0. The van der Waals surface area contributed by atoms with Crippen LogP contribution in [0.15, 0.2) is 15.6 Å². The number of halogens is 1. The van der Waals surface area contributed by atoms with Crippen LogP contribution in [-0.2, 0) is 16.7 Å². The van der Waals surface area contributed by atoms with Crippen LogP contribution in [-0.4, -0.2) is 36.7 Å². The average Bonchev–Trinajstić information content (AvgIpc) is 3.30. The van der Waals surface area contributed by atoms with Crippen molar-refractivity contribution in [2.75, 3.05) is 19.7 Å². The van der Waals surface area contributed by atoms with Crippen molar-refractivity contribution in [3.05, 3.63) is 17.8 Å². The summed E-state index contributed by atoms with van der Waals surface area (Å²) in [5.41, 5.74) is -0.0355. The van der Waals surface area contributed by atoms with E-state index in [1.807, 2.05) is 0 Å². The van der Waals surface area contributed by atoms with Gasteiger partial charge < -0.3 is 19.8 Å². The SMILES string of the molecule is CCNC(=NCc1ncc(C(C)(C)C)o1)NCCC(OCC)C1CCCC1.I. The zero-order valence-electron chi connectivity index (χ0n) is 18.2. The first-order valence-electron chi connectivity index (χ1n) is 10.5. The minimum Gasteiger partial charge on any atom is -0.443 e. The van der Waals surface area contributed by atoms with Crippen LogP contribution in [0.5, 0.6) is 0 Å². The summed E-state index contributed by atoms with van der Waals surface area (Å²) in [5, 5.41) is 6.72. The van der Waals surface area contributed by atoms with Gasteiger partial charge in [-0.1, -0.05) is 33.6 Å². The third-order valence-corrected chi connectivity index (χ3v) is 5.04. The molecular formula is C21H39IN4O2. The molecule has 0 amide bonds. The molecule has 7 heteroatoms. The summed E-state index contributed by atoms with van der Waals surface area (Å²) in [4.78, 5) is 8.97. The molecule has 2 rings (SSSR count). The second-order valence-corrected chi connectivity index (χ2v) is 8.32. The molecule has 2 N–H and O–H groups in total. The number of aromatic nitrogens is 1. The van der Waals surface area contributed by atoms with Gasteiger partial charge in [0, 0.05) is 25.1 Å². The Morgan fingerprint density at radius 2 is 2.00 bits per heavy atom. The van der Waals surface area contributed by atoms with E-state index in [9.17, 15) is 0 Å². The van der Waals surface area contributed by atoms with Gasteiger partial charge in [-0.15, -0.1) is 24.0 Å². The van der Waals surface area contributed by atoms with Gasteiger partial charge in [0.25, 0.3) is 0 Å². The topological polar surface area (TPSA) is 71.7 Å². The first-order chi connectivity index (χ1) is 12.9. The fourth-order valence-corrected chi connectivity index (χ4v) is 3.55. The van der Waals surface area contributed by atoms with E-state index in [2.05, 4.69) is 55.2 Å². The molecule has 1 fully saturated rings. The van der Waals surface area contributed by atoms with E-state index in [0.29, 0.717) is 18.5 Å². The lowest BCUT2D eigenvalue weighted by molar-refractivity contribution is 0.0169. The molecule has 162 valence electrons. The molecule has 0 radical (unpaired) electrons. The molecule has 1 aliphatic rings. The molecule has 1 aromatic rings. The van der Waals surface area contributed by atoms with Gasteiger partial charge in [-0.2, -0.15) is 0 Å². The highest BCUT2D eigenvalue weighted by Gasteiger charge is 2.25. The Hall–Kier alpha value is -0.830. The van der Waals surface area contributed by atoms with E-state index in [0.717, 1.165) is 43.8 Å². The molecule has 1 atom stereocenters. The summed E-state index contributed by atoms with van der Waals surface area (Å²) in [5.74, 6) is 3.06. The van der Waals surface area contributed by atoms with Crippen LogP contribution in [0.3, 0.4) is 0 Å². The molecule has 0 bridgehead atoms. The summed E-state index contributed by atoms with van der Waals surface area (Å²) in [7, 11) is 0. The largest absolute Gasteiger partial charge is 0.443 e. The third-order valence-electron chi connectivity index (χ3n) is 5.04. The molecule has 1 aromatic heterocycles. The van der Waals surface area contributed by atoms with Gasteiger partial charge in [0.05, 0.1) is 12.3 Å². The molecule has 1 unspecified atom stereocenters. The van der Waals surface area contributed by atoms with Gasteiger partial charge in [-0.25, -0.2) is 9.98 Å². The molecule has 0 aliphatic heterocycles. The average molecular weight is 506 g/mol. The Bertz CT molecular complexity index is 577. The normalized spacial score (nSPS) is 16.7. The number of oxazole rings is 1. The number of hydrogen-bond donors (Lipinski definition) is 2. The number of aliphatic imine (C=N–C) groups is 1. The van der Waals surface area contributed by atoms with E-state index in [4.69, 9.17) is 9.15 Å². The first-order valence-corrected chi connectivity index (χ1v) is 10.5. The second-order valence-electron chi connectivity index (χ2n) is 8.32. The van der Waals surface area contributed by atoms with Crippen molar-refractivity contribution in [3.63, 3.8) is 0 Å². The van der Waals surface area contributed by atoms with E-state index in [1.54, 1.807) is 6.20 Å². The third kappa shape index (κ3) is 8.27. The number of rotatable bonds is 9. The Kier molecular flexibility index (Phi) is 11.4. The molecule has 1 heterocycles. The van der Waals surface area contributed by atoms with Crippen molar-refractivity contribution in [2.24, 2.45) is 10.9 Å². The molecule has 0 aromatic carbocycles. The van der Waals surface area contributed by atoms with Crippen LogP contribution >= 0.6 is 24.0 Å². The highest BCUT2D eigenvalue weighted by atomic mass is 127. The van der Waals surface area contributed by atoms with Gasteiger partial charge in [0.1, 0.15) is 12.3 Å². The van der Waals surface area contributed by atoms with Crippen LogP contribution in [0.25, 0.3) is 0 Å². The summed E-state index contributed by atoms with van der Waals surface area (Å²) in [6.07, 6.45) is 8.47. The molecule has 6 nitrogen and oxygen atoms in total. The first kappa shape index (κ1) is 25.2. The lowest BCUT2D eigenvalue weighted by atomic mass is 9.94. The zero-order valence-corrected chi connectivity index (χ0v) is 20.5. The zero-order chi connectivity index (χ0) is 19.7. The monoisotopic (exact) mass is 506 g/mol. The fraction of sp³-hybridized carbons (Fsp3) is 0.810. The van der Waals surface area contributed by atoms with Gasteiger partial charge in [0.15, 0.2) is 5.96 Å². The van der Waals surface area contributed by atoms with Crippen molar-refractivity contribution in [1.29, 1.82) is 0 Å². The number of hydrogen-bond acceptors (Lipinski definition) is 4. The van der Waals surface area contributed by atoms with Gasteiger partial charge in [0.2, 0.25) is 5.89 Å². The molecular weight excluding hydrogens is 467 g/mol. The number of nitrogens with zero attached hydrogens (tertiary/aromatic N) is 2. The maximum Gasteiger partial charge on any atom is 0.216 e. The van der Waals surface area contributed by atoms with Crippen molar-refractivity contribution >= 4 is 29.9 Å². The Morgan fingerprint density at radius 3 is 2.57 bits per heavy atom. The summed E-state index contributed by atoms with van der Waals surface area (Å²) in [6, 6.07) is 0. The predicted molar refractivity (Wildman–Crippen MR) is 125 cm³/mol. The Morgan fingerprint density at radius 1 is 1.29 bits per heavy atom. The highest BCUT2D eigenvalue weighted by molar-refractivity contribution is 14.0. The Balaban J connectivity index is 0.00000392. The van der Waals surface area contributed by atoms with E-state index in [1.165, 1.54) is 25.7 Å². The van der Waals surface area contributed by atoms with E-state index < -0.39 is 0 Å².